The van der Waals surface area contributed by atoms with Crippen LogP contribution in [0.3, 0.4) is 0 Å². The van der Waals surface area contributed by atoms with Gasteiger partial charge in [0.1, 0.15) is 29.9 Å². The number of thioether (sulfide) groups is 2. The highest BCUT2D eigenvalue weighted by atomic mass is 32.2. The third kappa shape index (κ3) is 4.24. The van der Waals surface area contributed by atoms with Gasteiger partial charge in [0.2, 0.25) is 0 Å². The minimum atomic E-state index is -1.16. The summed E-state index contributed by atoms with van der Waals surface area (Å²) in [5.41, 5.74) is 5.71. The molecule has 0 bridgehead atoms. The Morgan fingerprint density at radius 2 is 2.32 bits per heavy atom. The molecule has 4 N–H and O–H groups in total. The van der Waals surface area contributed by atoms with Crippen LogP contribution in [0.25, 0.3) is 0 Å². The molecule has 166 valence electrons. The van der Waals surface area contributed by atoms with Crippen LogP contribution in [0.5, 0.6) is 0 Å². The molecule has 3 atom stereocenters. The lowest BCUT2D eigenvalue weighted by atomic mass is 10.0. The van der Waals surface area contributed by atoms with Gasteiger partial charge in [-0.2, -0.15) is 0 Å². The Bertz CT molecular complexity index is 973. The van der Waals surface area contributed by atoms with Gasteiger partial charge in [-0.3, -0.25) is 14.5 Å². The molecule has 0 aromatic carbocycles. The van der Waals surface area contributed by atoms with Crippen LogP contribution in [0.4, 0.5) is 5.13 Å². The first-order valence-corrected chi connectivity index (χ1v) is 12.0. The summed E-state index contributed by atoms with van der Waals surface area (Å²) in [5, 5.41) is 17.5. The van der Waals surface area contributed by atoms with E-state index in [1.807, 2.05) is 0 Å². The number of aromatic nitrogens is 1. The van der Waals surface area contributed by atoms with Gasteiger partial charge in [0.05, 0.1) is 6.61 Å². The predicted molar refractivity (Wildman–Crippen MR) is 117 cm³/mol. The van der Waals surface area contributed by atoms with Gasteiger partial charge in [0, 0.05) is 27.9 Å². The SMILES string of the molecule is CO/N=C(\C(=O)NC1C(=O)N2C(C(=O)O)=C(SC3CCOC3)CS[C@H]12)c1csc(N)n1. The average molecular weight is 486 g/mol. The number of hydrogen-bond donors (Lipinski definition) is 3. The molecular weight excluding hydrogens is 466 g/mol. The second kappa shape index (κ2) is 9.06. The van der Waals surface area contributed by atoms with Gasteiger partial charge in [-0.15, -0.1) is 34.9 Å². The number of carboxylic acids is 1. The van der Waals surface area contributed by atoms with E-state index in [9.17, 15) is 19.5 Å². The number of rotatable bonds is 7. The number of thiazole rings is 1. The minimum Gasteiger partial charge on any atom is -0.477 e. The molecule has 0 spiro atoms. The molecule has 0 saturated carbocycles. The van der Waals surface area contributed by atoms with Crippen molar-refractivity contribution in [3.8, 4) is 0 Å². The highest BCUT2D eigenvalue weighted by Gasteiger charge is 2.54. The smallest absolute Gasteiger partial charge is 0.353 e. The molecule has 11 nitrogen and oxygen atoms in total. The third-order valence-electron chi connectivity index (χ3n) is 4.78. The highest BCUT2D eigenvalue weighted by molar-refractivity contribution is 8.06. The fourth-order valence-electron chi connectivity index (χ4n) is 3.39. The Hall–Kier alpha value is -2.29. The van der Waals surface area contributed by atoms with Gasteiger partial charge in [-0.1, -0.05) is 5.16 Å². The van der Waals surface area contributed by atoms with Crippen molar-refractivity contribution in [1.29, 1.82) is 0 Å². The lowest BCUT2D eigenvalue weighted by Gasteiger charge is -2.49. The van der Waals surface area contributed by atoms with E-state index in [-0.39, 0.29) is 27.5 Å². The first kappa shape index (κ1) is 21.9. The first-order valence-electron chi connectivity index (χ1n) is 9.19. The number of nitrogens with zero attached hydrogens (tertiary/aromatic N) is 3. The Balaban J connectivity index is 1.50. The Kier molecular flexibility index (Phi) is 6.41. The molecule has 3 aliphatic rings. The van der Waals surface area contributed by atoms with E-state index in [1.165, 1.54) is 35.5 Å². The fraction of sp³-hybridized carbons (Fsp3) is 0.471. The second-order valence-corrected chi connectivity index (χ2v) is 10.1. The first-order chi connectivity index (χ1) is 14.9. The molecule has 14 heteroatoms. The van der Waals surface area contributed by atoms with Crippen LogP contribution in [0.1, 0.15) is 12.1 Å². The number of hydrogen-bond acceptors (Lipinski definition) is 11. The summed E-state index contributed by atoms with van der Waals surface area (Å²) < 4.78 is 5.36. The zero-order valence-electron chi connectivity index (χ0n) is 16.3. The summed E-state index contributed by atoms with van der Waals surface area (Å²) in [6.07, 6.45) is 0.838. The number of carboxylic acid groups (broad SMARTS) is 1. The van der Waals surface area contributed by atoms with E-state index in [0.717, 1.165) is 17.8 Å². The molecular formula is C17H19N5O6S3. The molecule has 2 saturated heterocycles. The normalized spacial score (nSPS) is 25.8. The second-order valence-electron chi connectivity index (χ2n) is 6.73. The fourth-order valence-corrected chi connectivity index (χ4v) is 6.69. The molecule has 31 heavy (non-hydrogen) atoms. The summed E-state index contributed by atoms with van der Waals surface area (Å²) in [6, 6.07) is -0.883. The van der Waals surface area contributed by atoms with Crippen molar-refractivity contribution in [3.05, 3.63) is 21.7 Å². The number of nitrogens with one attached hydrogen (secondary N) is 1. The van der Waals surface area contributed by atoms with E-state index in [4.69, 9.17) is 15.3 Å². The highest BCUT2D eigenvalue weighted by Crippen LogP contribution is 2.45. The van der Waals surface area contributed by atoms with Gasteiger partial charge >= 0.3 is 5.97 Å². The monoisotopic (exact) mass is 485 g/mol. The summed E-state index contributed by atoms with van der Waals surface area (Å²) >= 11 is 4.00. The number of carbonyl (C=O) groups excluding carboxylic acids is 2. The predicted octanol–water partition coefficient (Wildman–Crippen LogP) is 0.294. The number of amides is 2. The lowest BCUT2D eigenvalue weighted by Crippen LogP contribution is -2.71. The van der Waals surface area contributed by atoms with Crippen molar-refractivity contribution in [2.24, 2.45) is 5.16 Å². The molecule has 2 fully saturated rings. The number of aliphatic carboxylic acids is 1. The molecule has 2 unspecified atom stereocenters. The standard InChI is InChI=1S/C17H19N5O6S3/c1-27-21-10(8-5-30-17(18)19-8)13(23)20-11-14(24)22-12(16(25)26)9(6-29-15(11)22)31-7-2-3-28-4-7/h5,7,11,15H,2-4,6H2,1H3,(H2,18,19)(H,20,23)(H,25,26)/b21-10-/t7?,11?,15-/m1/s1. The Labute approximate surface area is 189 Å². The van der Waals surface area contributed by atoms with Crippen molar-refractivity contribution in [2.75, 3.05) is 31.8 Å². The van der Waals surface area contributed by atoms with Gasteiger partial charge in [0.25, 0.3) is 11.8 Å². The van der Waals surface area contributed by atoms with Crippen molar-refractivity contribution in [2.45, 2.75) is 23.1 Å². The lowest BCUT2D eigenvalue weighted by molar-refractivity contribution is -0.150. The minimum absolute atomic E-state index is 0.0193. The van der Waals surface area contributed by atoms with Gasteiger partial charge in [-0.05, 0) is 6.42 Å². The number of carbonyl (C=O) groups is 3. The largest absolute Gasteiger partial charge is 0.477 e. The van der Waals surface area contributed by atoms with Gasteiger partial charge in [0.15, 0.2) is 10.8 Å². The zero-order valence-corrected chi connectivity index (χ0v) is 18.7. The maximum Gasteiger partial charge on any atom is 0.353 e. The number of nitrogen functional groups attached to an aromatic ring is 1. The molecule has 3 aliphatic heterocycles. The zero-order chi connectivity index (χ0) is 22.1. The summed E-state index contributed by atoms with van der Waals surface area (Å²) in [4.78, 5) is 48.1. The van der Waals surface area contributed by atoms with E-state index < -0.39 is 29.2 Å². The molecule has 0 aliphatic carbocycles. The van der Waals surface area contributed by atoms with Crippen LogP contribution < -0.4 is 11.1 Å². The average Bonchev–Trinajstić information content (AvgIpc) is 3.41. The van der Waals surface area contributed by atoms with E-state index in [1.54, 1.807) is 5.38 Å². The number of β-lactam (4-membered cyclic amide) rings is 1. The van der Waals surface area contributed by atoms with Crippen molar-refractivity contribution in [1.82, 2.24) is 15.2 Å². The van der Waals surface area contributed by atoms with Crippen LogP contribution in [0, 0.1) is 0 Å². The molecule has 1 aromatic rings. The molecule has 2 amide bonds. The summed E-state index contributed by atoms with van der Waals surface area (Å²) in [6.45, 7) is 1.21. The summed E-state index contributed by atoms with van der Waals surface area (Å²) in [7, 11) is 1.29. The quantitative estimate of drug-likeness (QED) is 0.279. The van der Waals surface area contributed by atoms with Gasteiger partial charge in [-0.25, -0.2) is 9.78 Å². The molecule has 4 rings (SSSR count). The third-order valence-corrected chi connectivity index (χ3v) is 8.25. The molecule has 1 aromatic heterocycles. The van der Waals surface area contributed by atoms with Crippen molar-refractivity contribution in [3.63, 3.8) is 0 Å². The molecule has 0 radical (unpaired) electrons. The maximum absolute atomic E-state index is 12.8. The number of nitrogens with two attached hydrogens (primary N) is 1. The van der Waals surface area contributed by atoms with Crippen LogP contribution in [0.15, 0.2) is 21.1 Å². The van der Waals surface area contributed by atoms with Crippen LogP contribution in [0.2, 0.25) is 0 Å². The van der Waals surface area contributed by atoms with Gasteiger partial charge < -0.3 is 25.7 Å². The summed E-state index contributed by atoms with van der Waals surface area (Å²) in [5.74, 6) is -1.87. The number of oxime groups is 1. The maximum atomic E-state index is 12.8. The Morgan fingerprint density at radius 3 is 2.94 bits per heavy atom. The number of anilines is 1. The van der Waals surface area contributed by atoms with Crippen LogP contribution >= 0.6 is 34.9 Å². The van der Waals surface area contributed by atoms with Crippen LogP contribution in [-0.2, 0) is 24.0 Å². The number of fused-ring (bicyclic) bond motifs is 1. The Morgan fingerprint density at radius 1 is 1.52 bits per heavy atom. The van der Waals surface area contributed by atoms with E-state index >= 15 is 0 Å². The van der Waals surface area contributed by atoms with E-state index in [0.29, 0.717) is 23.9 Å². The number of ether oxygens (including phenoxy) is 1. The topological polar surface area (TPSA) is 156 Å². The van der Waals surface area contributed by atoms with Crippen molar-refractivity contribution >= 4 is 63.5 Å². The van der Waals surface area contributed by atoms with Crippen LogP contribution in [-0.4, -0.2) is 81.2 Å². The van der Waals surface area contributed by atoms with E-state index in [2.05, 4.69) is 15.5 Å². The van der Waals surface area contributed by atoms with Crippen molar-refractivity contribution < 1.29 is 29.1 Å². The molecule has 4 heterocycles.